The number of ether oxygens (including phenoxy) is 1. The molecular formula is C22H21N3O3. The molecule has 6 heteroatoms. The Morgan fingerprint density at radius 2 is 1.64 bits per heavy atom. The highest BCUT2D eigenvalue weighted by Crippen LogP contribution is 2.13. The van der Waals surface area contributed by atoms with Gasteiger partial charge in [-0.25, -0.2) is 9.78 Å². The third-order valence-corrected chi connectivity index (χ3v) is 4.00. The molecule has 0 spiro atoms. The number of hydrogen-bond acceptors (Lipinski definition) is 5. The number of rotatable bonds is 7. The van der Waals surface area contributed by atoms with Crippen LogP contribution in [0.2, 0.25) is 0 Å². The van der Waals surface area contributed by atoms with Gasteiger partial charge in [0.2, 0.25) is 0 Å². The quantitative estimate of drug-likeness (QED) is 0.607. The van der Waals surface area contributed by atoms with Crippen molar-refractivity contribution in [2.75, 3.05) is 17.2 Å². The summed E-state index contributed by atoms with van der Waals surface area (Å²) < 4.78 is 4.94. The fourth-order valence-corrected chi connectivity index (χ4v) is 2.53. The summed E-state index contributed by atoms with van der Waals surface area (Å²) in [6, 6.07) is 20.0. The van der Waals surface area contributed by atoms with Crippen molar-refractivity contribution in [2.24, 2.45) is 0 Å². The first kappa shape index (κ1) is 19.1. The highest BCUT2D eigenvalue weighted by molar-refractivity contribution is 6.04. The second-order valence-corrected chi connectivity index (χ2v) is 6.02. The third-order valence-electron chi connectivity index (χ3n) is 4.00. The van der Waals surface area contributed by atoms with E-state index in [2.05, 4.69) is 15.6 Å². The van der Waals surface area contributed by atoms with E-state index in [0.717, 1.165) is 5.56 Å². The molecular weight excluding hydrogens is 354 g/mol. The lowest BCUT2D eigenvalue weighted by Gasteiger charge is -2.08. The second-order valence-electron chi connectivity index (χ2n) is 6.02. The SMILES string of the molecule is CCOC(=O)c1ccc(NC(=O)c2ccc(NCc3ccccc3)nc2)cc1. The van der Waals surface area contributed by atoms with Crippen molar-refractivity contribution in [1.82, 2.24) is 4.98 Å². The minimum Gasteiger partial charge on any atom is -0.462 e. The lowest BCUT2D eigenvalue weighted by Crippen LogP contribution is -2.13. The minimum absolute atomic E-state index is 0.272. The summed E-state index contributed by atoms with van der Waals surface area (Å²) in [6.45, 7) is 2.73. The number of anilines is 2. The lowest BCUT2D eigenvalue weighted by molar-refractivity contribution is 0.0526. The van der Waals surface area contributed by atoms with Crippen molar-refractivity contribution in [1.29, 1.82) is 0 Å². The molecule has 6 nitrogen and oxygen atoms in total. The van der Waals surface area contributed by atoms with Gasteiger partial charge in [0.25, 0.3) is 5.91 Å². The highest BCUT2D eigenvalue weighted by atomic mass is 16.5. The number of pyridine rings is 1. The number of nitrogens with zero attached hydrogens (tertiary/aromatic N) is 1. The maximum Gasteiger partial charge on any atom is 0.338 e. The number of esters is 1. The van der Waals surface area contributed by atoms with Gasteiger partial charge in [0.1, 0.15) is 5.82 Å². The van der Waals surface area contributed by atoms with E-state index in [1.54, 1.807) is 43.3 Å². The highest BCUT2D eigenvalue weighted by Gasteiger charge is 2.09. The van der Waals surface area contributed by atoms with Crippen molar-refractivity contribution < 1.29 is 14.3 Å². The number of aromatic nitrogens is 1. The van der Waals surface area contributed by atoms with Crippen LogP contribution >= 0.6 is 0 Å². The number of carbonyl (C=O) groups is 2. The summed E-state index contributed by atoms with van der Waals surface area (Å²) >= 11 is 0. The Kier molecular flexibility index (Phi) is 6.36. The molecule has 0 bridgehead atoms. The van der Waals surface area contributed by atoms with Crippen LogP contribution in [-0.2, 0) is 11.3 Å². The molecule has 2 N–H and O–H groups in total. The van der Waals surface area contributed by atoms with Crippen LogP contribution < -0.4 is 10.6 Å². The van der Waals surface area contributed by atoms with Crippen molar-refractivity contribution in [2.45, 2.75) is 13.5 Å². The van der Waals surface area contributed by atoms with Crippen LogP contribution in [0.1, 0.15) is 33.2 Å². The van der Waals surface area contributed by atoms with E-state index in [1.165, 1.54) is 6.20 Å². The molecule has 0 atom stereocenters. The molecule has 1 heterocycles. The van der Waals surface area contributed by atoms with Gasteiger partial charge in [0, 0.05) is 18.4 Å². The van der Waals surface area contributed by atoms with E-state index in [9.17, 15) is 9.59 Å². The van der Waals surface area contributed by atoms with Gasteiger partial charge in [-0.2, -0.15) is 0 Å². The zero-order valence-electron chi connectivity index (χ0n) is 15.5. The van der Waals surface area contributed by atoms with Gasteiger partial charge in [0.05, 0.1) is 17.7 Å². The molecule has 3 rings (SSSR count). The number of amides is 1. The molecule has 3 aromatic rings. The standard InChI is InChI=1S/C22H21N3O3/c1-2-28-22(27)17-8-11-19(12-9-17)25-21(26)18-10-13-20(24-15-18)23-14-16-6-4-3-5-7-16/h3-13,15H,2,14H2,1H3,(H,23,24)(H,25,26). The van der Waals surface area contributed by atoms with Gasteiger partial charge in [-0.05, 0) is 48.9 Å². The van der Waals surface area contributed by atoms with E-state index in [0.29, 0.717) is 35.8 Å². The zero-order chi connectivity index (χ0) is 19.8. The van der Waals surface area contributed by atoms with Crippen molar-refractivity contribution in [3.63, 3.8) is 0 Å². The van der Waals surface area contributed by atoms with Gasteiger partial charge in [-0.3, -0.25) is 4.79 Å². The van der Waals surface area contributed by atoms with E-state index < -0.39 is 0 Å². The predicted molar refractivity (Wildman–Crippen MR) is 108 cm³/mol. The fraction of sp³-hybridized carbons (Fsp3) is 0.136. The number of hydrogen-bond donors (Lipinski definition) is 2. The zero-order valence-corrected chi connectivity index (χ0v) is 15.5. The Bertz CT molecular complexity index is 924. The Balaban J connectivity index is 1.56. The Morgan fingerprint density at radius 1 is 0.929 bits per heavy atom. The monoisotopic (exact) mass is 375 g/mol. The fourth-order valence-electron chi connectivity index (χ4n) is 2.53. The number of nitrogens with one attached hydrogen (secondary N) is 2. The van der Waals surface area contributed by atoms with Crippen LogP contribution in [-0.4, -0.2) is 23.5 Å². The summed E-state index contributed by atoms with van der Waals surface area (Å²) in [5, 5.41) is 6.00. The average molecular weight is 375 g/mol. The predicted octanol–water partition coefficient (Wildman–Crippen LogP) is 4.12. The van der Waals surface area contributed by atoms with Gasteiger partial charge < -0.3 is 15.4 Å². The topological polar surface area (TPSA) is 80.3 Å². The van der Waals surface area contributed by atoms with Crippen LogP contribution in [0.5, 0.6) is 0 Å². The van der Waals surface area contributed by atoms with Crippen LogP contribution in [0.3, 0.4) is 0 Å². The van der Waals surface area contributed by atoms with Crippen molar-refractivity contribution >= 4 is 23.4 Å². The first-order valence-electron chi connectivity index (χ1n) is 8.98. The molecule has 0 aliphatic carbocycles. The molecule has 1 aromatic heterocycles. The smallest absolute Gasteiger partial charge is 0.338 e. The number of carbonyl (C=O) groups excluding carboxylic acids is 2. The summed E-state index contributed by atoms with van der Waals surface area (Å²) in [6.07, 6.45) is 1.52. The van der Waals surface area contributed by atoms with Gasteiger partial charge in [0.15, 0.2) is 0 Å². The Labute approximate surface area is 163 Å². The minimum atomic E-state index is -0.386. The molecule has 1 amide bonds. The molecule has 0 fully saturated rings. The summed E-state index contributed by atoms with van der Waals surface area (Å²) in [5.41, 5.74) is 2.62. The molecule has 28 heavy (non-hydrogen) atoms. The molecule has 0 saturated carbocycles. The molecule has 0 saturated heterocycles. The second kappa shape index (κ2) is 9.32. The van der Waals surface area contributed by atoms with Gasteiger partial charge in [-0.1, -0.05) is 30.3 Å². The summed E-state index contributed by atoms with van der Waals surface area (Å²) in [5.74, 6) is 0.0355. The van der Waals surface area contributed by atoms with Crippen LogP contribution in [0.15, 0.2) is 72.9 Å². The number of benzene rings is 2. The van der Waals surface area contributed by atoms with Crippen LogP contribution in [0.25, 0.3) is 0 Å². The van der Waals surface area contributed by atoms with Crippen LogP contribution in [0, 0.1) is 0 Å². The van der Waals surface area contributed by atoms with Gasteiger partial charge in [-0.15, -0.1) is 0 Å². The molecule has 0 unspecified atom stereocenters. The van der Waals surface area contributed by atoms with E-state index in [4.69, 9.17) is 4.74 Å². The summed E-state index contributed by atoms with van der Waals surface area (Å²) in [4.78, 5) is 28.3. The molecule has 0 aliphatic rings. The first-order chi connectivity index (χ1) is 13.7. The third kappa shape index (κ3) is 5.17. The van der Waals surface area contributed by atoms with E-state index in [-0.39, 0.29) is 11.9 Å². The summed E-state index contributed by atoms with van der Waals surface area (Å²) in [7, 11) is 0. The van der Waals surface area contributed by atoms with Crippen LogP contribution in [0.4, 0.5) is 11.5 Å². The first-order valence-corrected chi connectivity index (χ1v) is 8.98. The average Bonchev–Trinajstić information content (AvgIpc) is 2.74. The van der Waals surface area contributed by atoms with Crippen molar-refractivity contribution in [3.05, 3.63) is 89.6 Å². The van der Waals surface area contributed by atoms with E-state index >= 15 is 0 Å². The Morgan fingerprint density at radius 3 is 2.29 bits per heavy atom. The lowest BCUT2D eigenvalue weighted by atomic mass is 10.2. The maximum absolute atomic E-state index is 12.4. The molecule has 0 radical (unpaired) electrons. The molecule has 2 aromatic carbocycles. The molecule has 0 aliphatic heterocycles. The largest absolute Gasteiger partial charge is 0.462 e. The molecule has 142 valence electrons. The van der Waals surface area contributed by atoms with Gasteiger partial charge >= 0.3 is 5.97 Å². The van der Waals surface area contributed by atoms with E-state index in [1.807, 2.05) is 30.3 Å². The maximum atomic E-state index is 12.4. The van der Waals surface area contributed by atoms with Crippen molar-refractivity contribution in [3.8, 4) is 0 Å². The normalized spacial score (nSPS) is 10.2. The Hall–Kier alpha value is -3.67.